The second-order valence-electron chi connectivity index (χ2n) is 5.28. The van der Waals surface area contributed by atoms with E-state index in [1.165, 1.54) is 0 Å². The molecule has 0 aliphatic rings. The van der Waals surface area contributed by atoms with Crippen LogP contribution < -0.4 is 4.74 Å². The fourth-order valence-corrected chi connectivity index (χ4v) is 3.42. The van der Waals surface area contributed by atoms with E-state index in [-0.39, 0.29) is 0 Å². The minimum Gasteiger partial charge on any atom is -0.489 e. The summed E-state index contributed by atoms with van der Waals surface area (Å²) in [5, 5.41) is 1.01. The Kier molecular flexibility index (Phi) is 6.01. The fourth-order valence-electron chi connectivity index (χ4n) is 2.25. The van der Waals surface area contributed by atoms with Crippen molar-refractivity contribution in [3.8, 4) is 16.3 Å². The van der Waals surface area contributed by atoms with Crippen molar-refractivity contribution < 1.29 is 9.47 Å². The predicted octanol–water partition coefficient (Wildman–Crippen LogP) is 5.57. The molecule has 24 heavy (non-hydrogen) atoms. The minimum atomic E-state index is 0.535. The van der Waals surface area contributed by atoms with Crippen molar-refractivity contribution in [1.29, 1.82) is 0 Å². The lowest BCUT2D eigenvalue weighted by atomic mass is 10.2. The number of aromatic nitrogens is 1. The van der Waals surface area contributed by atoms with Gasteiger partial charge in [-0.2, -0.15) is 0 Å². The number of ether oxygens (including phenoxy) is 2. The third kappa shape index (κ3) is 4.44. The van der Waals surface area contributed by atoms with Crippen molar-refractivity contribution in [2.75, 3.05) is 5.52 Å². The number of rotatable bonds is 7. The van der Waals surface area contributed by atoms with Crippen LogP contribution in [0.3, 0.4) is 0 Å². The van der Waals surface area contributed by atoms with Gasteiger partial charge in [-0.3, -0.25) is 0 Å². The number of alkyl halides is 1. The maximum absolute atomic E-state index is 5.82. The van der Waals surface area contributed by atoms with Crippen LogP contribution in [-0.2, 0) is 18.0 Å². The van der Waals surface area contributed by atoms with Gasteiger partial charge in [-0.15, -0.1) is 11.3 Å². The van der Waals surface area contributed by atoms with Crippen LogP contribution >= 0.6 is 27.3 Å². The summed E-state index contributed by atoms with van der Waals surface area (Å²) >= 11 is 4.94. The number of benzene rings is 2. The topological polar surface area (TPSA) is 31.4 Å². The van der Waals surface area contributed by atoms with Crippen molar-refractivity contribution in [1.82, 2.24) is 4.98 Å². The zero-order chi connectivity index (χ0) is 16.8. The van der Waals surface area contributed by atoms with Gasteiger partial charge in [-0.25, -0.2) is 4.98 Å². The van der Waals surface area contributed by atoms with Crippen molar-refractivity contribution in [2.24, 2.45) is 0 Å². The average molecular weight is 404 g/mol. The molecule has 0 atom stereocenters. The Hall–Kier alpha value is -1.69. The Balaban J connectivity index is 1.66. The van der Waals surface area contributed by atoms with Crippen LogP contribution in [0.2, 0.25) is 0 Å². The Morgan fingerprint density at radius 3 is 2.46 bits per heavy atom. The zero-order valence-electron chi connectivity index (χ0n) is 13.4. The Labute approximate surface area is 154 Å². The smallest absolute Gasteiger partial charge is 0.123 e. The van der Waals surface area contributed by atoms with Gasteiger partial charge in [-0.1, -0.05) is 46.3 Å². The highest BCUT2D eigenvalue weighted by Gasteiger charge is 2.09. The first-order chi connectivity index (χ1) is 11.8. The van der Waals surface area contributed by atoms with Crippen LogP contribution in [0, 0.1) is 6.92 Å². The van der Waals surface area contributed by atoms with Gasteiger partial charge < -0.3 is 9.47 Å². The number of hydrogen-bond donors (Lipinski definition) is 0. The number of nitrogens with zero attached hydrogens (tertiary/aromatic N) is 1. The number of thiazole rings is 1. The van der Waals surface area contributed by atoms with Gasteiger partial charge >= 0.3 is 0 Å². The normalized spacial score (nSPS) is 10.8. The summed E-state index contributed by atoms with van der Waals surface area (Å²) < 4.78 is 11.2. The van der Waals surface area contributed by atoms with Gasteiger partial charge in [-0.05, 0) is 36.8 Å². The van der Waals surface area contributed by atoms with Crippen molar-refractivity contribution >= 4 is 27.3 Å². The number of aryl methyl sites for hydroxylation is 1. The second kappa shape index (κ2) is 8.42. The molecule has 0 bridgehead atoms. The fraction of sp³-hybridized carbons (Fsp3) is 0.211. The molecule has 0 spiro atoms. The van der Waals surface area contributed by atoms with Gasteiger partial charge in [0.2, 0.25) is 0 Å². The van der Waals surface area contributed by atoms with Gasteiger partial charge in [0, 0.05) is 5.56 Å². The van der Waals surface area contributed by atoms with E-state index < -0.39 is 0 Å². The molecule has 0 aliphatic heterocycles. The van der Waals surface area contributed by atoms with E-state index in [9.17, 15) is 0 Å². The Morgan fingerprint density at radius 2 is 1.75 bits per heavy atom. The molecule has 1 heterocycles. The van der Waals surface area contributed by atoms with Gasteiger partial charge in [0.25, 0.3) is 0 Å². The number of halogens is 1. The van der Waals surface area contributed by atoms with E-state index in [1.54, 1.807) is 11.3 Å². The minimum absolute atomic E-state index is 0.535. The summed E-state index contributed by atoms with van der Waals surface area (Å²) in [6.45, 7) is 3.18. The first-order valence-electron chi connectivity index (χ1n) is 7.63. The van der Waals surface area contributed by atoms with E-state index in [1.807, 2.05) is 49.4 Å². The zero-order valence-corrected chi connectivity index (χ0v) is 15.8. The lowest BCUT2D eigenvalue weighted by molar-refractivity contribution is 0.174. The summed E-state index contributed by atoms with van der Waals surface area (Å²) in [6.07, 6.45) is 0. The SMILES string of the molecule is Cc1nc(-c2ccc(OCc3ccccc3)cc2)sc1COCBr. The summed E-state index contributed by atoms with van der Waals surface area (Å²) in [7, 11) is 0. The van der Waals surface area contributed by atoms with Gasteiger partial charge in [0.1, 0.15) is 22.9 Å². The molecular formula is C19H18BrNO2S. The molecule has 0 fully saturated rings. The van der Waals surface area contributed by atoms with Crippen molar-refractivity contribution in [2.45, 2.75) is 20.1 Å². The van der Waals surface area contributed by atoms with E-state index in [2.05, 4.69) is 33.0 Å². The van der Waals surface area contributed by atoms with Crippen LogP contribution in [-0.4, -0.2) is 10.5 Å². The monoisotopic (exact) mass is 403 g/mol. The van der Waals surface area contributed by atoms with E-state index in [0.717, 1.165) is 32.5 Å². The molecule has 0 saturated heterocycles. The van der Waals surface area contributed by atoms with Gasteiger partial charge in [0.05, 0.1) is 17.2 Å². The molecule has 0 aliphatic carbocycles. The maximum atomic E-state index is 5.82. The largest absolute Gasteiger partial charge is 0.489 e. The number of hydrogen-bond acceptors (Lipinski definition) is 4. The van der Waals surface area contributed by atoms with Gasteiger partial charge in [0.15, 0.2) is 0 Å². The van der Waals surface area contributed by atoms with Crippen LogP contribution in [0.25, 0.3) is 10.6 Å². The van der Waals surface area contributed by atoms with Crippen LogP contribution in [0.4, 0.5) is 0 Å². The molecule has 124 valence electrons. The lowest BCUT2D eigenvalue weighted by Crippen LogP contribution is -1.94. The van der Waals surface area contributed by atoms with E-state index in [4.69, 9.17) is 9.47 Å². The molecule has 1 aromatic heterocycles. The first-order valence-corrected chi connectivity index (χ1v) is 9.57. The molecule has 0 radical (unpaired) electrons. The molecule has 5 heteroatoms. The molecule has 3 rings (SSSR count). The third-order valence-electron chi connectivity index (χ3n) is 3.55. The standard InChI is InChI=1S/C19H18BrNO2S/c1-14-18(12-22-13-20)24-19(21-14)16-7-9-17(10-8-16)23-11-15-5-3-2-4-6-15/h2-10H,11-13H2,1H3. The lowest BCUT2D eigenvalue weighted by Gasteiger charge is -2.06. The average Bonchev–Trinajstić information content (AvgIpc) is 3.00. The highest BCUT2D eigenvalue weighted by atomic mass is 79.9. The van der Waals surface area contributed by atoms with Crippen molar-refractivity contribution in [3.05, 3.63) is 70.7 Å². The molecule has 3 aromatic rings. The molecular weight excluding hydrogens is 386 g/mol. The summed E-state index contributed by atoms with van der Waals surface area (Å²) in [5.74, 6) is 0.860. The van der Waals surface area contributed by atoms with Crippen LogP contribution in [0.15, 0.2) is 54.6 Å². The molecule has 0 N–H and O–H groups in total. The second-order valence-corrected chi connectivity index (χ2v) is 6.83. The molecule has 0 amide bonds. The van der Waals surface area contributed by atoms with Crippen LogP contribution in [0.1, 0.15) is 16.1 Å². The Morgan fingerprint density at radius 1 is 1.00 bits per heavy atom. The van der Waals surface area contributed by atoms with E-state index in [0.29, 0.717) is 18.7 Å². The van der Waals surface area contributed by atoms with Crippen molar-refractivity contribution in [3.63, 3.8) is 0 Å². The molecule has 0 saturated carbocycles. The first kappa shape index (κ1) is 17.1. The molecule has 0 unspecified atom stereocenters. The summed E-state index contributed by atoms with van der Waals surface area (Å²) in [4.78, 5) is 5.80. The maximum Gasteiger partial charge on any atom is 0.123 e. The quantitative estimate of drug-likeness (QED) is 0.483. The van der Waals surface area contributed by atoms with Crippen LogP contribution in [0.5, 0.6) is 5.75 Å². The molecule has 2 aromatic carbocycles. The summed E-state index contributed by atoms with van der Waals surface area (Å²) in [5.41, 5.74) is 3.82. The van der Waals surface area contributed by atoms with E-state index >= 15 is 0 Å². The Bertz CT molecular complexity index is 772. The third-order valence-corrected chi connectivity index (χ3v) is 5.06. The highest BCUT2D eigenvalue weighted by molar-refractivity contribution is 9.09. The highest BCUT2D eigenvalue weighted by Crippen LogP contribution is 2.29. The summed E-state index contributed by atoms with van der Waals surface area (Å²) in [6, 6.07) is 18.2. The predicted molar refractivity (Wildman–Crippen MR) is 102 cm³/mol. The molecule has 3 nitrogen and oxygen atoms in total.